The van der Waals surface area contributed by atoms with Gasteiger partial charge in [-0.2, -0.15) is 0 Å². The summed E-state index contributed by atoms with van der Waals surface area (Å²) in [4.78, 5) is 25.7. The maximum absolute atomic E-state index is 13.1. The summed E-state index contributed by atoms with van der Waals surface area (Å²) in [7, 11) is 1.29. The number of nitrogens with zero attached hydrogens (tertiary/aromatic N) is 1. The van der Waals surface area contributed by atoms with Crippen LogP contribution >= 0.6 is 7.82 Å². The fraction of sp³-hybridized carbons (Fsp3) is 0.734. The topological polar surface area (TPSA) is 108 Å². The van der Waals surface area contributed by atoms with E-state index in [1.54, 1.807) is 0 Å². The second-order valence-electron chi connectivity index (χ2n) is 25.9. The summed E-state index contributed by atoms with van der Waals surface area (Å²) in [6.45, 7) is 4.62. The van der Waals surface area contributed by atoms with Crippen molar-refractivity contribution in [2.24, 2.45) is 0 Å². The number of unbranched alkanes of at least 4 members (excludes halogenated alkanes) is 34. The van der Waals surface area contributed by atoms with Gasteiger partial charge in [-0.25, -0.2) is 0 Å². The quantitative estimate of drug-likeness (QED) is 0.0272. The Hall–Kier alpha value is -3.10. The van der Waals surface area contributed by atoms with E-state index in [0.29, 0.717) is 23.9 Å². The lowest BCUT2D eigenvalue weighted by molar-refractivity contribution is -0.870. The van der Waals surface area contributed by atoms with E-state index in [1.165, 1.54) is 180 Å². The summed E-state index contributed by atoms with van der Waals surface area (Å²) in [5.41, 5.74) is 0. The SMILES string of the molecule is CC/C=C\C/C=C\C/C=C\C/C=C\C/C=C\C/C=C\C/C=C\C/C=C\C/C=C\C/C=C\CCCCCCCCC(=O)NC(COP(=O)([O-])OCC[N+](C)(C)C)C(O)CCCCCCCCCCCCCCCCCCCCCCCCCCCCCCC. The minimum absolute atomic E-state index is 0.00359. The average molecular weight is 1250 g/mol. The van der Waals surface area contributed by atoms with E-state index in [4.69, 9.17) is 9.05 Å². The number of aliphatic hydroxyl groups is 1. The van der Waals surface area contributed by atoms with E-state index in [-0.39, 0.29) is 19.1 Å². The molecule has 0 fully saturated rings. The molecule has 0 rings (SSSR count). The predicted octanol–water partition coefficient (Wildman–Crippen LogP) is 23.4. The molecule has 3 unspecified atom stereocenters. The van der Waals surface area contributed by atoms with Crippen molar-refractivity contribution >= 4 is 13.7 Å². The second-order valence-corrected chi connectivity index (χ2v) is 27.3. The Morgan fingerprint density at radius 2 is 0.693 bits per heavy atom. The Bertz CT molecular complexity index is 1850. The van der Waals surface area contributed by atoms with Crippen molar-refractivity contribution in [1.29, 1.82) is 0 Å². The molecule has 0 spiro atoms. The molecule has 0 heterocycles. The Kier molecular flexibility index (Phi) is 65.9. The smallest absolute Gasteiger partial charge is 0.268 e. The van der Waals surface area contributed by atoms with Crippen molar-refractivity contribution in [1.82, 2.24) is 5.32 Å². The molecule has 1 amide bonds. The van der Waals surface area contributed by atoms with Gasteiger partial charge in [0.05, 0.1) is 39.9 Å². The number of phosphoric ester groups is 1. The van der Waals surface area contributed by atoms with Crippen LogP contribution in [0.25, 0.3) is 0 Å². The molecule has 0 aromatic heterocycles. The number of quaternary nitrogens is 1. The highest BCUT2D eigenvalue weighted by atomic mass is 31.2. The molecule has 0 saturated carbocycles. The van der Waals surface area contributed by atoms with Crippen molar-refractivity contribution in [3.8, 4) is 0 Å². The molecule has 0 saturated heterocycles. The van der Waals surface area contributed by atoms with E-state index in [0.717, 1.165) is 116 Å². The van der Waals surface area contributed by atoms with Crippen LogP contribution in [0.3, 0.4) is 0 Å². The molecular weight excluding hydrogens is 1100 g/mol. The number of rotatable bonds is 67. The summed E-state index contributed by atoms with van der Waals surface area (Å²) >= 11 is 0. The van der Waals surface area contributed by atoms with Gasteiger partial charge in [0.25, 0.3) is 7.82 Å². The minimum Gasteiger partial charge on any atom is -0.756 e. The monoisotopic (exact) mass is 1250 g/mol. The van der Waals surface area contributed by atoms with Gasteiger partial charge in [-0.3, -0.25) is 9.36 Å². The first-order valence-electron chi connectivity index (χ1n) is 36.9. The first-order chi connectivity index (χ1) is 43.0. The molecule has 0 bridgehead atoms. The highest BCUT2D eigenvalue weighted by Crippen LogP contribution is 2.38. The number of carbonyl (C=O) groups excluding carboxylic acids is 1. The van der Waals surface area contributed by atoms with Crippen LogP contribution in [0.15, 0.2) is 122 Å². The van der Waals surface area contributed by atoms with Crippen LogP contribution in [0.2, 0.25) is 0 Å². The number of aliphatic hydroxyl groups excluding tert-OH is 1. The number of hydrogen-bond donors (Lipinski definition) is 2. The van der Waals surface area contributed by atoms with Gasteiger partial charge in [-0.15, -0.1) is 0 Å². The number of phosphoric acid groups is 1. The molecule has 9 heteroatoms. The number of nitrogens with one attached hydrogen (secondary N) is 1. The summed E-state index contributed by atoms with van der Waals surface area (Å²) < 4.78 is 23.5. The molecule has 0 aliphatic heterocycles. The largest absolute Gasteiger partial charge is 0.756 e. The van der Waals surface area contributed by atoms with Gasteiger partial charge < -0.3 is 28.8 Å². The Morgan fingerprint density at radius 1 is 0.409 bits per heavy atom. The van der Waals surface area contributed by atoms with Gasteiger partial charge in [-0.05, 0) is 89.9 Å². The highest BCUT2D eigenvalue weighted by Gasteiger charge is 2.24. The molecule has 0 aliphatic rings. The number of likely N-dealkylation sites (N-methyl/N-ethyl adjacent to an activating group) is 1. The van der Waals surface area contributed by atoms with Gasteiger partial charge in [0, 0.05) is 6.42 Å². The zero-order valence-electron chi connectivity index (χ0n) is 58.1. The van der Waals surface area contributed by atoms with Crippen LogP contribution in [-0.2, 0) is 18.4 Å². The van der Waals surface area contributed by atoms with Gasteiger partial charge in [-0.1, -0.05) is 347 Å². The fourth-order valence-electron chi connectivity index (χ4n) is 10.5. The number of allylic oxidation sites excluding steroid dienone is 20. The van der Waals surface area contributed by atoms with Gasteiger partial charge in [0.2, 0.25) is 5.91 Å². The van der Waals surface area contributed by atoms with Crippen molar-refractivity contribution < 1.29 is 32.9 Å². The third kappa shape index (κ3) is 70.4. The van der Waals surface area contributed by atoms with Crippen molar-refractivity contribution in [2.75, 3.05) is 40.9 Å². The van der Waals surface area contributed by atoms with Crippen LogP contribution in [0, 0.1) is 0 Å². The molecule has 2 N–H and O–H groups in total. The molecule has 0 aromatic rings. The van der Waals surface area contributed by atoms with E-state index in [9.17, 15) is 19.4 Å². The molecule has 0 aromatic carbocycles. The summed E-state index contributed by atoms with van der Waals surface area (Å²) in [5, 5.41) is 14.1. The minimum atomic E-state index is -4.60. The summed E-state index contributed by atoms with van der Waals surface area (Å²) in [5.74, 6) is -0.180. The fourth-order valence-corrected chi connectivity index (χ4v) is 11.3. The van der Waals surface area contributed by atoms with Gasteiger partial charge >= 0.3 is 0 Å². The molecule has 8 nitrogen and oxygen atoms in total. The summed E-state index contributed by atoms with van der Waals surface area (Å²) in [6.07, 6.45) is 101. The average Bonchev–Trinajstić information content (AvgIpc) is 3.70. The van der Waals surface area contributed by atoms with Crippen molar-refractivity contribution in [3.63, 3.8) is 0 Å². The Labute approximate surface area is 545 Å². The van der Waals surface area contributed by atoms with Crippen molar-refractivity contribution in [3.05, 3.63) is 122 Å². The van der Waals surface area contributed by atoms with Gasteiger partial charge in [0.15, 0.2) is 0 Å². The zero-order chi connectivity index (χ0) is 64.1. The highest BCUT2D eigenvalue weighted by molar-refractivity contribution is 7.45. The number of amides is 1. The van der Waals surface area contributed by atoms with Crippen molar-refractivity contribution in [2.45, 2.75) is 334 Å². The van der Waals surface area contributed by atoms with Gasteiger partial charge in [0.1, 0.15) is 13.2 Å². The van der Waals surface area contributed by atoms with Crippen LogP contribution in [0.1, 0.15) is 322 Å². The first kappa shape index (κ1) is 84.9. The van der Waals surface area contributed by atoms with E-state index >= 15 is 0 Å². The van der Waals surface area contributed by atoms with E-state index < -0.39 is 20.0 Å². The predicted molar refractivity (Wildman–Crippen MR) is 385 cm³/mol. The molecular formula is C79H141N2O6P. The molecule has 3 atom stereocenters. The Morgan fingerprint density at radius 3 is 1.01 bits per heavy atom. The van der Waals surface area contributed by atoms with Crippen LogP contribution in [0.5, 0.6) is 0 Å². The third-order valence-electron chi connectivity index (χ3n) is 16.2. The third-order valence-corrected chi connectivity index (χ3v) is 17.2. The van der Waals surface area contributed by atoms with E-state index in [1.807, 2.05) is 21.1 Å². The molecule has 0 aliphatic carbocycles. The lowest BCUT2D eigenvalue weighted by atomic mass is 10.0. The molecule has 88 heavy (non-hydrogen) atoms. The maximum Gasteiger partial charge on any atom is 0.268 e. The lowest BCUT2D eigenvalue weighted by Crippen LogP contribution is -2.46. The van der Waals surface area contributed by atoms with E-state index in [2.05, 4.69) is 141 Å². The molecule has 0 radical (unpaired) electrons. The van der Waals surface area contributed by atoms with Crippen LogP contribution in [-0.4, -0.2) is 68.5 Å². The van der Waals surface area contributed by atoms with Crippen LogP contribution < -0.4 is 10.2 Å². The number of hydrogen-bond acceptors (Lipinski definition) is 6. The maximum atomic E-state index is 13.1. The van der Waals surface area contributed by atoms with Crippen LogP contribution in [0.4, 0.5) is 0 Å². The summed E-state index contributed by atoms with van der Waals surface area (Å²) in [6, 6.07) is -0.820. The Balaban J connectivity index is 4.11. The second kappa shape index (κ2) is 68.3. The normalized spacial score (nSPS) is 14.3. The standard InChI is InChI=1S/C79H141N2O6P/c1-6-8-10-12-14-16-18-20-22-24-26-28-30-32-34-36-37-38-39-40-41-42-43-45-47-49-51-53-55-57-59-61-63-65-67-69-71-73-79(83)80-77(76-87-88(84,85)86-75-74-81(3,4)5)78(82)72-70-68-66-64-62-60-58-56-54-52-50-48-46-44-35-33-31-29-27-25-23-21-19-17-15-13-11-9-7-2/h8,10,14,16,20,22,26,28,32,34,37-38,40-41,43,45,49,51,55,57,77-78,82H,6-7,9,11-13,15,17-19,21,23-25,27,29-31,33,35-36,39,42,44,46-48,50,52-54,56,58-76H2,1-5H3,(H-,80,83,84,85)/b10-8-,16-14-,22-20-,28-26-,34-32-,38-37-,41-40-,45-43-,51-49-,57-55-. The molecule has 508 valence electrons. The lowest BCUT2D eigenvalue weighted by Gasteiger charge is -2.30. The first-order valence-corrected chi connectivity index (χ1v) is 38.3. The number of carbonyl (C=O) groups is 1. The zero-order valence-corrected chi connectivity index (χ0v) is 59.0.